The van der Waals surface area contributed by atoms with Gasteiger partial charge in [0.25, 0.3) is 0 Å². The predicted octanol–water partition coefficient (Wildman–Crippen LogP) is 5.14. The maximum Gasteiger partial charge on any atom is 0.341 e. The van der Waals surface area contributed by atoms with Crippen LogP contribution in [0.4, 0.5) is 5.69 Å². The molecule has 0 saturated heterocycles. The zero-order chi connectivity index (χ0) is 20.4. The molecule has 7 heteroatoms. The van der Waals surface area contributed by atoms with Crippen LogP contribution in [0.3, 0.4) is 0 Å². The van der Waals surface area contributed by atoms with Gasteiger partial charge in [0.05, 0.1) is 33.3 Å². The monoisotopic (exact) mass is 417 g/mol. The van der Waals surface area contributed by atoms with Crippen molar-refractivity contribution in [2.24, 2.45) is 4.99 Å². The standard InChI is InChI=1S/C21H23NO4S2/c1-24-13-19(20(23)26-3)18-8-6-5-7-15(18)14-28-21(27-4)22-16-9-11-17(25-2)12-10-16/h5-13H,14H2,1-4H3/b19-13+,22-21?. The average molecular weight is 418 g/mol. The molecule has 2 aromatic carbocycles. The maximum absolute atomic E-state index is 12.1. The summed E-state index contributed by atoms with van der Waals surface area (Å²) in [6.45, 7) is 0. The lowest BCUT2D eigenvalue weighted by Crippen LogP contribution is -2.06. The third kappa shape index (κ3) is 6.07. The lowest BCUT2D eigenvalue weighted by atomic mass is 10.0. The number of rotatable bonds is 7. The van der Waals surface area contributed by atoms with E-state index in [-0.39, 0.29) is 0 Å². The van der Waals surface area contributed by atoms with Gasteiger partial charge in [0, 0.05) is 5.75 Å². The minimum Gasteiger partial charge on any atom is -0.503 e. The Morgan fingerprint density at radius 3 is 2.39 bits per heavy atom. The first-order valence-corrected chi connectivity index (χ1v) is 10.6. The third-order valence-electron chi connectivity index (χ3n) is 3.77. The summed E-state index contributed by atoms with van der Waals surface area (Å²) in [6.07, 6.45) is 3.40. The van der Waals surface area contributed by atoms with Gasteiger partial charge in [-0.15, -0.1) is 11.8 Å². The highest BCUT2D eigenvalue weighted by Gasteiger charge is 2.17. The van der Waals surface area contributed by atoms with E-state index in [1.807, 2.05) is 54.8 Å². The van der Waals surface area contributed by atoms with E-state index in [9.17, 15) is 4.79 Å². The number of thioether (sulfide) groups is 2. The number of ether oxygens (including phenoxy) is 3. The van der Waals surface area contributed by atoms with Crippen molar-refractivity contribution in [2.45, 2.75) is 5.75 Å². The van der Waals surface area contributed by atoms with Gasteiger partial charge in [-0.2, -0.15) is 0 Å². The molecular formula is C21H23NO4S2. The van der Waals surface area contributed by atoms with E-state index in [0.29, 0.717) is 11.3 Å². The molecule has 0 bridgehead atoms. The number of aliphatic imine (C=N–C) groups is 1. The molecule has 0 amide bonds. The fourth-order valence-corrected chi connectivity index (χ4v) is 3.94. The fourth-order valence-electron chi connectivity index (χ4n) is 2.40. The first-order valence-electron chi connectivity index (χ1n) is 8.42. The van der Waals surface area contributed by atoms with Crippen molar-refractivity contribution in [3.05, 3.63) is 65.9 Å². The molecule has 0 spiro atoms. The minimum atomic E-state index is -0.434. The summed E-state index contributed by atoms with van der Waals surface area (Å²) in [7, 11) is 4.50. The Hall–Kier alpha value is -2.38. The van der Waals surface area contributed by atoms with Gasteiger partial charge in [-0.05, 0) is 41.6 Å². The zero-order valence-corrected chi connectivity index (χ0v) is 17.9. The lowest BCUT2D eigenvalue weighted by molar-refractivity contribution is -0.133. The molecule has 0 aliphatic carbocycles. The number of benzene rings is 2. The quantitative estimate of drug-likeness (QED) is 0.204. The molecular weight excluding hydrogens is 394 g/mol. The Balaban J connectivity index is 2.21. The Morgan fingerprint density at radius 1 is 1.07 bits per heavy atom. The summed E-state index contributed by atoms with van der Waals surface area (Å²) in [5, 5.41) is 0. The van der Waals surface area contributed by atoms with Gasteiger partial charge in [0.2, 0.25) is 0 Å². The summed E-state index contributed by atoms with van der Waals surface area (Å²) >= 11 is 3.19. The molecule has 0 saturated carbocycles. The van der Waals surface area contributed by atoms with Gasteiger partial charge in [0.1, 0.15) is 15.7 Å². The van der Waals surface area contributed by atoms with Crippen molar-refractivity contribution in [3.63, 3.8) is 0 Å². The van der Waals surface area contributed by atoms with Gasteiger partial charge in [-0.1, -0.05) is 36.0 Å². The number of methoxy groups -OCH3 is 3. The van der Waals surface area contributed by atoms with E-state index >= 15 is 0 Å². The van der Waals surface area contributed by atoms with Crippen LogP contribution < -0.4 is 4.74 Å². The Bertz CT molecular complexity index is 848. The summed E-state index contributed by atoms with van der Waals surface area (Å²) in [5.74, 6) is 1.02. The van der Waals surface area contributed by atoms with Gasteiger partial charge < -0.3 is 14.2 Å². The van der Waals surface area contributed by atoms with E-state index in [0.717, 1.165) is 26.9 Å². The van der Waals surface area contributed by atoms with E-state index in [1.165, 1.54) is 20.5 Å². The van der Waals surface area contributed by atoms with Crippen molar-refractivity contribution in [3.8, 4) is 5.75 Å². The minimum absolute atomic E-state index is 0.388. The Labute approximate surface area is 174 Å². The first kappa shape index (κ1) is 21.9. The van der Waals surface area contributed by atoms with Gasteiger partial charge in [-0.25, -0.2) is 9.79 Å². The second-order valence-corrected chi connectivity index (χ2v) is 7.50. The summed E-state index contributed by atoms with van der Waals surface area (Å²) in [4.78, 5) is 16.8. The molecule has 0 radical (unpaired) electrons. The van der Waals surface area contributed by atoms with Crippen LogP contribution in [0.5, 0.6) is 5.75 Å². The van der Waals surface area contributed by atoms with Gasteiger partial charge in [0.15, 0.2) is 0 Å². The number of hydrogen-bond acceptors (Lipinski definition) is 7. The molecule has 5 nitrogen and oxygen atoms in total. The highest BCUT2D eigenvalue weighted by atomic mass is 32.2. The molecule has 0 unspecified atom stereocenters. The smallest absolute Gasteiger partial charge is 0.341 e. The van der Waals surface area contributed by atoms with E-state index in [1.54, 1.807) is 30.6 Å². The number of nitrogens with zero attached hydrogens (tertiary/aromatic N) is 1. The third-order valence-corrected chi connectivity index (χ3v) is 5.85. The van der Waals surface area contributed by atoms with E-state index in [4.69, 9.17) is 14.2 Å². The summed E-state index contributed by atoms with van der Waals surface area (Å²) in [5.41, 5.74) is 3.03. The molecule has 0 aromatic heterocycles. The molecule has 0 atom stereocenters. The predicted molar refractivity (Wildman–Crippen MR) is 118 cm³/mol. The van der Waals surface area contributed by atoms with Crippen LogP contribution in [0.1, 0.15) is 11.1 Å². The van der Waals surface area contributed by atoms with Crippen LogP contribution in [0.2, 0.25) is 0 Å². The molecule has 0 N–H and O–H groups in total. The fraction of sp³-hybridized carbons (Fsp3) is 0.238. The number of hydrogen-bond donors (Lipinski definition) is 0. The normalized spacial score (nSPS) is 11.9. The Kier molecular flexibility index (Phi) is 8.97. The molecule has 0 heterocycles. The van der Waals surface area contributed by atoms with Gasteiger partial charge in [-0.3, -0.25) is 0 Å². The molecule has 28 heavy (non-hydrogen) atoms. The zero-order valence-electron chi connectivity index (χ0n) is 16.3. The second-order valence-electron chi connectivity index (χ2n) is 5.48. The van der Waals surface area contributed by atoms with Crippen molar-refractivity contribution in [1.29, 1.82) is 0 Å². The topological polar surface area (TPSA) is 57.1 Å². The van der Waals surface area contributed by atoms with Crippen molar-refractivity contribution in [1.82, 2.24) is 0 Å². The van der Waals surface area contributed by atoms with E-state index in [2.05, 4.69) is 4.99 Å². The van der Waals surface area contributed by atoms with Crippen LogP contribution in [0.15, 0.2) is 59.8 Å². The molecule has 148 valence electrons. The number of carbonyl (C=O) groups is 1. The number of esters is 1. The first-order chi connectivity index (χ1) is 13.6. The van der Waals surface area contributed by atoms with Crippen molar-refractivity contribution < 1.29 is 19.0 Å². The highest BCUT2D eigenvalue weighted by Crippen LogP contribution is 2.29. The van der Waals surface area contributed by atoms with E-state index < -0.39 is 5.97 Å². The van der Waals surface area contributed by atoms with Gasteiger partial charge >= 0.3 is 5.97 Å². The summed E-state index contributed by atoms with van der Waals surface area (Å²) < 4.78 is 16.1. The summed E-state index contributed by atoms with van der Waals surface area (Å²) in [6, 6.07) is 15.3. The Morgan fingerprint density at radius 2 is 1.79 bits per heavy atom. The SMILES string of the molecule is CO/C=C(/C(=O)OC)c1ccccc1CSC(=Nc1ccc(OC)cc1)SC. The number of carbonyl (C=O) groups excluding carboxylic acids is 1. The largest absolute Gasteiger partial charge is 0.503 e. The molecule has 2 rings (SSSR count). The lowest BCUT2D eigenvalue weighted by Gasteiger charge is -2.12. The van der Waals surface area contributed by atoms with Crippen molar-refractivity contribution >= 4 is 45.1 Å². The van der Waals surface area contributed by atoms with Crippen LogP contribution >= 0.6 is 23.5 Å². The molecule has 2 aromatic rings. The van der Waals surface area contributed by atoms with Crippen LogP contribution in [-0.2, 0) is 20.0 Å². The molecule has 0 aliphatic rings. The highest BCUT2D eigenvalue weighted by molar-refractivity contribution is 8.38. The molecule has 0 aliphatic heterocycles. The van der Waals surface area contributed by atoms with Crippen LogP contribution in [0.25, 0.3) is 5.57 Å². The van der Waals surface area contributed by atoms with Crippen LogP contribution in [-0.4, -0.2) is 37.9 Å². The second kappa shape index (κ2) is 11.5. The van der Waals surface area contributed by atoms with Crippen molar-refractivity contribution in [2.75, 3.05) is 27.6 Å². The average Bonchev–Trinajstić information content (AvgIpc) is 2.75. The maximum atomic E-state index is 12.1. The van der Waals surface area contributed by atoms with Crippen LogP contribution in [0, 0.1) is 0 Å². The molecule has 0 fully saturated rings.